The molecule has 0 saturated carbocycles. The zero-order valence-electron chi connectivity index (χ0n) is 26.0. The van der Waals surface area contributed by atoms with Crippen molar-refractivity contribution in [3.63, 3.8) is 0 Å². The molecule has 4 rings (SSSR count). The first-order chi connectivity index (χ1) is 20.4. The van der Waals surface area contributed by atoms with Crippen molar-refractivity contribution in [3.05, 3.63) is 36.4 Å². The zero-order chi connectivity index (χ0) is 31.4. The zero-order valence-corrected chi connectivity index (χ0v) is 27.8. The van der Waals surface area contributed by atoms with Crippen LogP contribution >= 0.6 is 0 Å². The molecular formula is C29H43N5O7SSi. The van der Waals surface area contributed by atoms with Gasteiger partial charge < -0.3 is 24.1 Å². The molecule has 3 heterocycles. The highest BCUT2D eigenvalue weighted by molar-refractivity contribution is 7.93. The van der Waals surface area contributed by atoms with Crippen LogP contribution in [-0.4, -0.2) is 93.8 Å². The lowest BCUT2D eigenvalue weighted by atomic mass is 9.92. The standard InChI is InChI=1S/C29H43N5O7SSi/c1-20(27(35)21-14-17-41-18-15-21)42(36,37)33(16-19-43(5,6)7)29-32-31-28(22-10-8-13-25(30-22)40-4)34(29)26-23(38-2)11-9-12-24(26)39-3/h8-13,20-21,27,35H,14-19H2,1-7H3/t20-,27?/m1/s1. The molecule has 0 amide bonds. The maximum Gasteiger partial charge on any atom is 0.246 e. The highest BCUT2D eigenvalue weighted by atomic mass is 32.2. The number of anilines is 1. The van der Waals surface area contributed by atoms with Gasteiger partial charge in [-0.1, -0.05) is 31.8 Å². The third-order valence-corrected chi connectivity index (χ3v) is 11.6. The Morgan fingerprint density at radius 3 is 2.23 bits per heavy atom. The Hall–Kier alpha value is -3.20. The molecular weight excluding hydrogens is 591 g/mol. The Bertz CT molecular complexity index is 1470. The molecule has 1 unspecified atom stereocenters. The van der Waals surface area contributed by atoms with Gasteiger partial charge in [0.15, 0.2) is 5.82 Å². The Morgan fingerprint density at radius 2 is 1.65 bits per heavy atom. The Balaban J connectivity index is 1.96. The van der Waals surface area contributed by atoms with Gasteiger partial charge in [-0.25, -0.2) is 17.7 Å². The molecule has 3 aromatic rings. The van der Waals surface area contributed by atoms with Crippen LogP contribution in [0.4, 0.5) is 5.95 Å². The molecule has 14 heteroatoms. The normalized spacial score (nSPS) is 16.0. The minimum atomic E-state index is -4.16. The highest BCUT2D eigenvalue weighted by Crippen LogP contribution is 2.39. The van der Waals surface area contributed by atoms with Crippen LogP contribution in [0.1, 0.15) is 19.8 Å². The van der Waals surface area contributed by atoms with E-state index in [2.05, 4.69) is 34.8 Å². The van der Waals surface area contributed by atoms with Crippen LogP contribution in [0.5, 0.6) is 17.4 Å². The van der Waals surface area contributed by atoms with Crippen LogP contribution in [0.3, 0.4) is 0 Å². The van der Waals surface area contributed by atoms with Crippen molar-refractivity contribution in [2.75, 3.05) is 45.4 Å². The second-order valence-electron chi connectivity index (χ2n) is 11.8. The van der Waals surface area contributed by atoms with Crippen molar-refractivity contribution >= 4 is 24.0 Å². The fourth-order valence-corrected chi connectivity index (χ4v) is 7.83. The molecule has 1 aliphatic heterocycles. The third kappa shape index (κ3) is 7.14. The van der Waals surface area contributed by atoms with Crippen LogP contribution in [-0.2, 0) is 14.8 Å². The molecule has 1 fully saturated rings. The lowest BCUT2D eigenvalue weighted by Crippen LogP contribution is -2.48. The van der Waals surface area contributed by atoms with Crippen molar-refractivity contribution in [1.29, 1.82) is 0 Å². The van der Waals surface area contributed by atoms with Crippen LogP contribution in [0.25, 0.3) is 17.2 Å². The van der Waals surface area contributed by atoms with E-state index >= 15 is 0 Å². The predicted octanol–water partition coefficient (Wildman–Crippen LogP) is 4.01. The van der Waals surface area contributed by atoms with E-state index in [-0.39, 0.29) is 24.2 Å². The van der Waals surface area contributed by atoms with E-state index in [0.717, 1.165) is 0 Å². The first kappa shape index (κ1) is 32.7. The first-order valence-corrected chi connectivity index (χ1v) is 19.6. The molecule has 2 aromatic heterocycles. The molecule has 0 bridgehead atoms. The number of methoxy groups -OCH3 is 3. The van der Waals surface area contributed by atoms with Gasteiger partial charge in [0.2, 0.25) is 21.9 Å². The van der Waals surface area contributed by atoms with E-state index in [1.807, 2.05) is 0 Å². The second kappa shape index (κ2) is 13.6. The Labute approximate surface area is 255 Å². The van der Waals surface area contributed by atoms with Gasteiger partial charge in [0.1, 0.15) is 28.1 Å². The van der Waals surface area contributed by atoms with Gasteiger partial charge in [-0.05, 0) is 49.9 Å². The number of pyridine rings is 1. The molecule has 236 valence electrons. The van der Waals surface area contributed by atoms with E-state index in [9.17, 15) is 13.5 Å². The Kier molecular flexibility index (Phi) is 10.4. The molecule has 0 radical (unpaired) electrons. The van der Waals surface area contributed by atoms with Gasteiger partial charge in [-0.3, -0.25) is 4.57 Å². The molecule has 1 N–H and O–H groups in total. The molecule has 0 aliphatic carbocycles. The summed E-state index contributed by atoms with van der Waals surface area (Å²) in [7, 11) is -1.34. The molecule has 1 aliphatic rings. The predicted molar refractivity (Wildman–Crippen MR) is 168 cm³/mol. The maximum atomic E-state index is 14.5. The fourth-order valence-electron chi connectivity index (χ4n) is 5.11. The summed E-state index contributed by atoms with van der Waals surface area (Å²) in [5, 5.41) is 19.2. The summed E-state index contributed by atoms with van der Waals surface area (Å²) in [6.07, 6.45) is 0.104. The summed E-state index contributed by atoms with van der Waals surface area (Å²) >= 11 is 0. The van der Waals surface area contributed by atoms with Crippen molar-refractivity contribution in [2.24, 2.45) is 5.92 Å². The quantitative estimate of drug-likeness (QED) is 0.275. The van der Waals surface area contributed by atoms with Gasteiger partial charge in [0.25, 0.3) is 0 Å². The lowest BCUT2D eigenvalue weighted by Gasteiger charge is -2.34. The topological polar surface area (TPSA) is 138 Å². The second-order valence-corrected chi connectivity index (χ2v) is 19.6. The summed E-state index contributed by atoms with van der Waals surface area (Å²) in [4.78, 5) is 4.56. The number of sulfonamides is 1. The molecule has 12 nitrogen and oxygen atoms in total. The number of rotatable bonds is 13. The monoisotopic (exact) mass is 633 g/mol. The summed E-state index contributed by atoms with van der Waals surface area (Å²) < 4.78 is 54.3. The molecule has 2 atom stereocenters. The number of hydrogen-bond donors (Lipinski definition) is 1. The van der Waals surface area contributed by atoms with E-state index in [4.69, 9.17) is 18.9 Å². The number of aromatic nitrogens is 4. The van der Waals surface area contributed by atoms with Crippen LogP contribution in [0.2, 0.25) is 25.7 Å². The fraction of sp³-hybridized carbons (Fsp3) is 0.552. The number of aliphatic hydroxyl groups is 1. The van der Waals surface area contributed by atoms with Gasteiger partial charge >= 0.3 is 0 Å². The number of benzene rings is 1. The van der Waals surface area contributed by atoms with Gasteiger partial charge in [0.05, 0.1) is 27.4 Å². The van der Waals surface area contributed by atoms with E-state index in [1.165, 1.54) is 25.6 Å². The van der Waals surface area contributed by atoms with Crippen molar-refractivity contribution in [2.45, 2.75) is 56.8 Å². The lowest BCUT2D eigenvalue weighted by molar-refractivity contribution is 0.00812. The van der Waals surface area contributed by atoms with Gasteiger partial charge in [0, 0.05) is 33.9 Å². The first-order valence-electron chi connectivity index (χ1n) is 14.4. The Morgan fingerprint density at radius 1 is 1.02 bits per heavy atom. The van der Waals surface area contributed by atoms with Crippen LogP contribution in [0.15, 0.2) is 36.4 Å². The molecule has 1 aromatic carbocycles. The summed E-state index contributed by atoms with van der Waals surface area (Å²) in [6, 6.07) is 11.2. The minimum absolute atomic E-state index is 0.0479. The summed E-state index contributed by atoms with van der Waals surface area (Å²) in [5.74, 6) is 1.32. The third-order valence-electron chi connectivity index (χ3n) is 7.73. The average Bonchev–Trinajstić information content (AvgIpc) is 3.43. The molecule has 1 saturated heterocycles. The smallest absolute Gasteiger partial charge is 0.246 e. The largest absolute Gasteiger partial charge is 0.494 e. The summed E-state index contributed by atoms with van der Waals surface area (Å²) in [6.45, 7) is 9.24. The van der Waals surface area contributed by atoms with E-state index in [1.54, 1.807) is 47.9 Å². The van der Waals surface area contributed by atoms with Crippen LogP contribution in [0, 0.1) is 5.92 Å². The van der Waals surface area contributed by atoms with Gasteiger partial charge in [-0.2, -0.15) is 0 Å². The summed E-state index contributed by atoms with van der Waals surface area (Å²) in [5.41, 5.74) is 0.821. The van der Waals surface area contributed by atoms with Crippen molar-refractivity contribution < 1.29 is 32.5 Å². The SMILES string of the molecule is COc1cccc(-c2nnc(N(CC[Si](C)(C)C)S(=O)(=O)[C@H](C)C(O)C3CCOCC3)n2-c2c(OC)cccc2OC)n1. The van der Waals surface area contributed by atoms with Crippen molar-refractivity contribution in [1.82, 2.24) is 19.7 Å². The number of aliphatic hydroxyl groups excluding tert-OH is 1. The molecule has 0 spiro atoms. The number of para-hydroxylation sites is 1. The van der Waals surface area contributed by atoms with Crippen LogP contribution < -0.4 is 18.5 Å². The molecule has 43 heavy (non-hydrogen) atoms. The van der Waals surface area contributed by atoms with E-state index < -0.39 is 29.5 Å². The maximum absolute atomic E-state index is 14.5. The number of nitrogens with zero attached hydrogens (tertiary/aromatic N) is 5. The number of ether oxygens (including phenoxy) is 4. The van der Waals surface area contributed by atoms with Gasteiger partial charge in [-0.15, -0.1) is 10.2 Å². The van der Waals surface area contributed by atoms with E-state index in [0.29, 0.717) is 60.9 Å². The minimum Gasteiger partial charge on any atom is -0.494 e. The van der Waals surface area contributed by atoms with Crippen molar-refractivity contribution in [3.8, 4) is 34.6 Å². The number of hydrogen-bond acceptors (Lipinski definition) is 10. The average molecular weight is 634 g/mol. The highest BCUT2D eigenvalue weighted by Gasteiger charge is 2.41.